The van der Waals surface area contributed by atoms with E-state index in [1.165, 1.54) is 36.7 Å². The van der Waals surface area contributed by atoms with Crippen molar-refractivity contribution in [2.75, 3.05) is 18.4 Å². The first-order chi connectivity index (χ1) is 13.1. The number of hydrogen-bond donors (Lipinski definition) is 1. The number of piperidine rings is 1. The predicted molar refractivity (Wildman–Crippen MR) is 95.3 cm³/mol. The number of nitrogens with one attached hydrogen (secondary N) is 1. The van der Waals surface area contributed by atoms with Crippen LogP contribution in [0, 0.1) is 23.7 Å². The number of carbonyl (C=O) groups is 1. The van der Waals surface area contributed by atoms with Gasteiger partial charge in [0, 0.05) is 25.0 Å². The molecule has 0 aromatic carbocycles. The molecule has 3 fully saturated rings. The van der Waals surface area contributed by atoms with Gasteiger partial charge in [-0.2, -0.15) is 10.1 Å². The molecule has 4 aliphatic rings. The first kappa shape index (κ1) is 17.4. The van der Waals surface area contributed by atoms with E-state index in [1.54, 1.807) is 0 Å². The molecular formula is C19H27F2N5O. The van der Waals surface area contributed by atoms with Gasteiger partial charge in [0.25, 0.3) is 6.43 Å². The van der Waals surface area contributed by atoms with Crippen LogP contribution in [0.2, 0.25) is 0 Å². The number of aromatic nitrogens is 3. The lowest BCUT2D eigenvalue weighted by Crippen LogP contribution is -2.49. The summed E-state index contributed by atoms with van der Waals surface area (Å²) in [5.74, 6) is 2.40. The van der Waals surface area contributed by atoms with Crippen molar-refractivity contribution in [1.82, 2.24) is 19.7 Å². The van der Waals surface area contributed by atoms with Gasteiger partial charge in [-0.1, -0.05) is 12.8 Å². The quantitative estimate of drug-likeness (QED) is 0.877. The van der Waals surface area contributed by atoms with Crippen LogP contribution in [0.25, 0.3) is 0 Å². The molecule has 1 N–H and O–H groups in total. The van der Waals surface area contributed by atoms with Gasteiger partial charge in [-0.15, -0.1) is 0 Å². The molecule has 27 heavy (non-hydrogen) atoms. The van der Waals surface area contributed by atoms with E-state index >= 15 is 0 Å². The number of nitrogens with zero attached hydrogens (tertiary/aromatic N) is 4. The summed E-state index contributed by atoms with van der Waals surface area (Å²) in [6, 6.07) is -1.02. The molecule has 148 valence electrons. The Morgan fingerprint density at radius 3 is 2.70 bits per heavy atom. The van der Waals surface area contributed by atoms with Crippen molar-refractivity contribution < 1.29 is 13.6 Å². The number of likely N-dealkylation sites (tertiary alicyclic amines) is 1. The topological polar surface area (TPSA) is 63.1 Å². The van der Waals surface area contributed by atoms with Gasteiger partial charge >= 0.3 is 0 Å². The van der Waals surface area contributed by atoms with Crippen LogP contribution < -0.4 is 5.32 Å². The minimum absolute atomic E-state index is 0.0854. The molecule has 0 spiro atoms. The Balaban J connectivity index is 1.27. The van der Waals surface area contributed by atoms with Crippen molar-refractivity contribution in [2.24, 2.45) is 23.7 Å². The number of amides is 1. The van der Waals surface area contributed by atoms with Gasteiger partial charge in [0.1, 0.15) is 12.4 Å². The third kappa shape index (κ3) is 3.01. The Bertz CT molecular complexity index is 698. The zero-order valence-electron chi connectivity index (χ0n) is 15.4. The first-order valence-electron chi connectivity index (χ1n) is 10.4. The third-order valence-electron chi connectivity index (χ3n) is 7.27. The van der Waals surface area contributed by atoms with E-state index in [1.807, 2.05) is 4.90 Å². The molecular weight excluding hydrogens is 352 g/mol. The van der Waals surface area contributed by atoms with Crippen LogP contribution in [0.15, 0.2) is 6.33 Å². The number of anilines is 1. The fourth-order valence-electron chi connectivity index (χ4n) is 5.81. The van der Waals surface area contributed by atoms with E-state index in [2.05, 4.69) is 15.4 Å². The molecule has 0 unspecified atom stereocenters. The minimum atomic E-state index is -2.47. The number of alkyl halides is 2. The number of hydrogen-bond acceptors (Lipinski definition) is 4. The van der Waals surface area contributed by atoms with Crippen molar-refractivity contribution in [3.8, 4) is 0 Å². The Labute approximate surface area is 157 Å². The second kappa shape index (κ2) is 6.71. The Morgan fingerprint density at radius 1 is 1.19 bits per heavy atom. The van der Waals surface area contributed by atoms with E-state index < -0.39 is 12.5 Å². The lowest BCUT2D eigenvalue weighted by molar-refractivity contribution is -0.135. The van der Waals surface area contributed by atoms with Crippen LogP contribution in [-0.4, -0.2) is 51.1 Å². The van der Waals surface area contributed by atoms with Crippen LogP contribution >= 0.6 is 0 Å². The van der Waals surface area contributed by atoms with E-state index in [9.17, 15) is 13.6 Å². The summed E-state index contributed by atoms with van der Waals surface area (Å²) in [7, 11) is 0. The molecule has 6 nitrogen and oxygen atoms in total. The van der Waals surface area contributed by atoms with E-state index in [0.29, 0.717) is 36.7 Å². The van der Waals surface area contributed by atoms with Gasteiger partial charge in [-0.05, 0) is 49.9 Å². The van der Waals surface area contributed by atoms with E-state index in [-0.39, 0.29) is 17.9 Å². The molecule has 5 atom stereocenters. The van der Waals surface area contributed by atoms with Crippen LogP contribution in [0.1, 0.15) is 51.0 Å². The molecule has 2 saturated carbocycles. The average Bonchev–Trinajstić information content (AvgIpc) is 3.22. The number of halogens is 2. The minimum Gasteiger partial charge on any atom is -0.351 e. The highest BCUT2D eigenvalue weighted by atomic mass is 19.3. The third-order valence-corrected chi connectivity index (χ3v) is 7.27. The molecule has 3 heterocycles. The van der Waals surface area contributed by atoms with Gasteiger partial charge in [-0.25, -0.2) is 13.5 Å². The summed E-state index contributed by atoms with van der Waals surface area (Å²) in [6.45, 7) is 1.49. The summed E-state index contributed by atoms with van der Waals surface area (Å²) < 4.78 is 28.4. The summed E-state index contributed by atoms with van der Waals surface area (Å²) in [4.78, 5) is 19.2. The Morgan fingerprint density at radius 2 is 1.96 bits per heavy atom. The van der Waals surface area contributed by atoms with Crippen LogP contribution in [0.4, 0.5) is 14.7 Å². The standard InChI is InChI=1S/C19H27F2N5O/c20-17(21)15-8-14(24-19-22-10-23-26(15)19)11-4-3-7-25(9-11)18(27)16-12-5-1-2-6-13(12)16/h10-17H,1-9H2,(H,22,23,24)/t11-,12+,13+,14-,15+/m0/s1. The smallest absolute Gasteiger partial charge is 0.260 e. The van der Waals surface area contributed by atoms with Gasteiger partial charge < -0.3 is 10.2 Å². The van der Waals surface area contributed by atoms with Crippen molar-refractivity contribution in [3.63, 3.8) is 0 Å². The van der Waals surface area contributed by atoms with Gasteiger partial charge in [0.2, 0.25) is 11.9 Å². The number of rotatable bonds is 3. The number of carbonyl (C=O) groups excluding carboxylic acids is 1. The molecule has 1 aromatic rings. The first-order valence-corrected chi connectivity index (χ1v) is 10.4. The summed E-state index contributed by atoms with van der Waals surface area (Å²) in [5.41, 5.74) is 0. The highest BCUT2D eigenvalue weighted by Crippen LogP contribution is 2.56. The maximum atomic E-state index is 13.5. The number of fused-ring (bicyclic) bond motifs is 2. The van der Waals surface area contributed by atoms with Crippen molar-refractivity contribution in [1.29, 1.82) is 0 Å². The molecule has 8 heteroatoms. The molecule has 2 aliphatic carbocycles. The molecule has 2 aliphatic heterocycles. The second-order valence-corrected chi connectivity index (χ2v) is 8.74. The molecule has 1 aromatic heterocycles. The second-order valence-electron chi connectivity index (χ2n) is 8.74. The van der Waals surface area contributed by atoms with Gasteiger partial charge in [0.15, 0.2) is 0 Å². The zero-order valence-corrected chi connectivity index (χ0v) is 15.4. The molecule has 5 rings (SSSR count). The normalized spacial score (nSPS) is 38.1. The van der Waals surface area contributed by atoms with Crippen LogP contribution in [-0.2, 0) is 4.79 Å². The van der Waals surface area contributed by atoms with Crippen molar-refractivity contribution in [3.05, 3.63) is 6.33 Å². The summed E-state index contributed by atoms with van der Waals surface area (Å²) in [5, 5.41) is 7.26. The van der Waals surface area contributed by atoms with Gasteiger partial charge in [0.05, 0.1) is 0 Å². The fourth-order valence-corrected chi connectivity index (χ4v) is 5.81. The average molecular weight is 379 g/mol. The van der Waals surface area contributed by atoms with Crippen LogP contribution in [0.5, 0.6) is 0 Å². The molecule has 1 saturated heterocycles. The summed E-state index contributed by atoms with van der Waals surface area (Å²) in [6.07, 6.45) is 6.02. The van der Waals surface area contributed by atoms with E-state index in [4.69, 9.17) is 0 Å². The zero-order chi connectivity index (χ0) is 18.5. The van der Waals surface area contributed by atoms with Gasteiger partial charge in [-0.3, -0.25) is 4.79 Å². The predicted octanol–water partition coefficient (Wildman–Crippen LogP) is 2.94. The van der Waals surface area contributed by atoms with Crippen LogP contribution in [0.3, 0.4) is 0 Å². The van der Waals surface area contributed by atoms with Crippen molar-refractivity contribution in [2.45, 2.75) is 63.5 Å². The van der Waals surface area contributed by atoms with E-state index in [0.717, 1.165) is 19.4 Å². The Kier molecular flexibility index (Phi) is 4.31. The monoisotopic (exact) mass is 379 g/mol. The Hall–Kier alpha value is -1.73. The largest absolute Gasteiger partial charge is 0.351 e. The maximum Gasteiger partial charge on any atom is 0.260 e. The fraction of sp³-hybridized carbons (Fsp3) is 0.842. The highest BCUT2D eigenvalue weighted by Gasteiger charge is 2.56. The summed E-state index contributed by atoms with van der Waals surface area (Å²) >= 11 is 0. The maximum absolute atomic E-state index is 13.5. The molecule has 0 radical (unpaired) electrons. The molecule has 0 bridgehead atoms. The SMILES string of the molecule is O=C(C1[C@@H]2CCCC[C@@H]12)N1CCC[C@H]([C@@H]2C[C@H](C(F)F)n3ncnc3N2)C1. The van der Waals surface area contributed by atoms with Crippen molar-refractivity contribution >= 4 is 11.9 Å². The molecule has 1 amide bonds. The highest BCUT2D eigenvalue weighted by molar-refractivity contribution is 5.82. The lowest BCUT2D eigenvalue weighted by Gasteiger charge is -2.40. The lowest BCUT2D eigenvalue weighted by atomic mass is 9.86.